The summed E-state index contributed by atoms with van der Waals surface area (Å²) in [6.07, 6.45) is 2.50. The Bertz CT molecular complexity index is 753. The molecule has 0 spiro atoms. The minimum atomic E-state index is -0.225. The lowest BCUT2D eigenvalue weighted by atomic mass is 10.1. The summed E-state index contributed by atoms with van der Waals surface area (Å²) >= 11 is 1.67. The Morgan fingerprint density at radius 1 is 1.26 bits per heavy atom. The Balaban J connectivity index is 1.84. The first-order valence-electron chi connectivity index (χ1n) is 6.34. The molecule has 2 heterocycles. The molecular formula is C14H12FN3S. The van der Waals surface area contributed by atoms with Crippen molar-refractivity contribution in [1.82, 2.24) is 14.6 Å². The van der Waals surface area contributed by atoms with Crippen LogP contribution in [0.2, 0.25) is 0 Å². The Labute approximate surface area is 113 Å². The fourth-order valence-electron chi connectivity index (χ4n) is 2.24. The van der Waals surface area contributed by atoms with Gasteiger partial charge in [-0.05, 0) is 44.0 Å². The molecule has 1 aromatic carbocycles. The summed E-state index contributed by atoms with van der Waals surface area (Å²) in [5.41, 5.74) is 2.84. The molecule has 0 unspecified atom stereocenters. The number of fused-ring (bicyclic) bond motifs is 1. The van der Waals surface area contributed by atoms with Gasteiger partial charge in [0.25, 0.3) is 0 Å². The molecule has 3 aromatic rings. The standard InChI is InChI=1S/C14H12FN3S/c1-8-12(9-4-6-11(15)7-5-9)16-14-18(8)17-13(19-14)10-2-3-10/h4-7,10H,2-3H2,1H3. The molecule has 1 fully saturated rings. The second-order valence-corrected chi connectivity index (χ2v) is 5.95. The number of hydrogen-bond acceptors (Lipinski definition) is 3. The molecule has 3 nitrogen and oxygen atoms in total. The van der Waals surface area contributed by atoms with Crippen molar-refractivity contribution in [3.05, 3.63) is 40.8 Å². The van der Waals surface area contributed by atoms with Gasteiger partial charge in [0.2, 0.25) is 4.96 Å². The van der Waals surface area contributed by atoms with Crippen LogP contribution < -0.4 is 0 Å². The molecule has 1 aliphatic rings. The summed E-state index contributed by atoms with van der Waals surface area (Å²) in [6, 6.07) is 6.45. The third-order valence-electron chi connectivity index (χ3n) is 3.49. The van der Waals surface area contributed by atoms with Crippen molar-refractivity contribution in [2.75, 3.05) is 0 Å². The fourth-order valence-corrected chi connectivity index (χ4v) is 3.35. The number of aryl methyl sites for hydroxylation is 1. The SMILES string of the molecule is Cc1c(-c2ccc(F)cc2)nc2sc(C3CC3)nn12. The Kier molecular flexibility index (Phi) is 2.26. The molecule has 96 valence electrons. The molecule has 0 aliphatic heterocycles. The highest BCUT2D eigenvalue weighted by molar-refractivity contribution is 7.16. The number of imidazole rings is 1. The van der Waals surface area contributed by atoms with Gasteiger partial charge in [0, 0.05) is 11.5 Å². The second-order valence-electron chi connectivity index (χ2n) is 4.96. The maximum absolute atomic E-state index is 13.0. The predicted molar refractivity (Wildman–Crippen MR) is 73.0 cm³/mol. The van der Waals surface area contributed by atoms with E-state index in [0.717, 1.165) is 21.9 Å². The predicted octanol–water partition coefficient (Wildman–Crippen LogP) is 3.78. The third kappa shape index (κ3) is 1.76. The maximum atomic E-state index is 13.0. The maximum Gasteiger partial charge on any atom is 0.212 e. The van der Waals surface area contributed by atoms with Gasteiger partial charge in [0.1, 0.15) is 10.8 Å². The van der Waals surface area contributed by atoms with Gasteiger partial charge in [-0.25, -0.2) is 13.9 Å². The topological polar surface area (TPSA) is 30.2 Å². The first-order valence-corrected chi connectivity index (χ1v) is 7.16. The molecule has 0 N–H and O–H groups in total. The van der Waals surface area contributed by atoms with Crippen LogP contribution in [0.3, 0.4) is 0 Å². The summed E-state index contributed by atoms with van der Waals surface area (Å²) in [5, 5.41) is 5.83. The van der Waals surface area contributed by atoms with Gasteiger partial charge in [-0.15, -0.1) is 0 Å². The fraction of sp³-hybridized carbons (Fsp3) is 0.286. The molecule has 5 heteroatoms. The Morgan fingerprint density at radius 3 is 2.63 bits per heavy atom. The lowest BCUT2D eigenvalue weighted by molar-refractivity contribution is 0.628. The zero-order valence-electron chi connectivity index (χ0n) is 10.4. The number of hydrogen-bond donors (Lipinski definition) is 0. The van der Waals surface area contributed by atoms with Crippen LogP contribution in [-0.4, -0.2) is 14.6 Å². The highest BCUT2D eigenvalue weighted by Gasteiger charge is 2.28. The van der Waals surface area contributed by atoms with E-state index in [9.17, 15) is 4.39 Å². The first-order chi connectivity index (χ1) is 9.22. The zero-order valence-corrected chi connectivity index (χ0v) is 11.2. The van der Waals surface area contributed by atoms with E-state index in [4.69, 9.17) is 0 Å². The Hall–Kier alpha value is -1.75. The summed E-state index contributed by atoms with van der Waals surface area (Å²) in [7, 11) is 0. The van der Waals surface area contributed by atoms with Crippen LogP contribution >= 0.6 is 11.3 Å². The van der Waals surface area contributed by atoms with Crippen molar-refractivity contribution in [2.24, 2.45) is 0 Å². The van der Waals surface area contributed by atoms with Gasteiger partial charge in [0.05, 0.1) is 11.4 Å². The van der Waals surface area contributed by atoms with Gasteiger partial charge >= 0.3 is 0 Å². The molecular weight excluding hydrogens is 261 g/mol. The quantitative estimate of drug-likeness (QED) is 0.711. The molecule has 0 radical (unpaired) electrons. The minimum Gasteiger partial charge on any atom is -0.217 e. The van der Waals surface area contributed by atoms with Crippen LogP contribution in [-0.2, 0) is 0 Å². The number of rotatable bonds is 2. The molecule has 1 aliphatic carbocycles. The molecule has 4 rings (SSSR count). The summed E-state index contributed by atoms with van der Waals surface area (Å²) in [5.74, 6) is 0.428. The highest BCUT2D eigenvalue weighted by Crippen LogP contribution is 2.42. The van der Waals surface area contributed by atoms with E-state index in [1.165, 1.54) is 30.0 Å². The van der Waals surface area contributed by atoms with E-state index >= 15 is 0 Å². The molecule has 0 saturated heterocycles. The molecule has 2 aromatic heterocycles. The van der Waals surface area contributed by atoms with E-state index in [0.29, 0.717) is 5.92 Å². The van der Waals surface area contributed by atoms with Gasteiger partial charge in [-0.3, -0.25) is 0 Å². The van der Waals surface area contributed by atoms with Crippen LogP contribution in [0.4, 0.5) is 4.39 Å². The van der Waals surface area contributed by atoms with Gasteiger partial charge in [-0.2, -0.15) is 5.10 Å². The van der Waals surface area contributed by atoms with Gasteiger partial charge < -0.3 is 0 Å². The van der Waals surface area contributed by atoms with E-state index in [2.05, 4.69) is 10.1 Å². The number of benzene rings is 1. The molecule has 0 bridgehead atoms. The van der Waals surface area contributed by atoms with E-state index in [1.807, 2.05) is 11.4 Å². The number of nitrogens with zero attached hydrogens (tertiary/aromatic N) is 3. The van der Waals surface area contributed by atoms with Crippen LogP contribution in [0.5, 0.6) is 0 Å². The van der Waals surface area contributed by atoms with Crippen molar-refractivity contribution in [2.45, 2.75) is 25.7 Å². The number of aromatic nitrogens is 3. The number of halogens is 1. The average molecular weight is 273 g/mol. The molecule has 0 amide bonds. The van der Waals surface area contributed by atoms with Crippen LogP contribution in [0, 0.1) is 12.7 Å². The largest absolute Gasteiger partial charge is 0.217 e. The van der Waals surface area contributed by atoms with Crippen molar-refractivity contribution >= 4 is 16.3 Å². The van der Waals surface area contributed by atoms with Crippen molar-refractivity contribution in [3.63, 3.8) is 0 Å². The molecule has 19 heavy (non-hydrogen) atoms. The monoisotopic (exact) mass is 273 g/mol. The summed E-state index contributed by atoms with van der Waals surface area (Å²) in [4.78, 5) is 5.57. The van der Waals surface area contributed by atoms with Crippen LogP contribution in [0.1, 0.15) is 29.5 Å². The van der Waals surface area contributed by atoms with Crippen LogP contribution in [0.15, 0.2) is 24.3 Å². The van der Waals surface area contributed by atoms with E-state index in [1.54, 1.807) is 23.5 Å². The lowest BCUT2D eigenvalue weighted by Gasteiger charge is -1.98. The minimum absolute atomic E-state index is 0.225. The highest BCUT2D eigenvalue weighted by atomic mass is 32.1. The van der Waals surface area contributed by atoms with Crippen molar-refractivity contribution in [1.29, 1.82) is 0 Å². The van der Waals surface area contributed by atoms with Gasteiger partial charge in [0.15, 0.2) is 0 Å². The summed E-state index contributed by atoms with van der Waals surface area (Å²) in [6.45, 7) is 2.01. The zero-order chi connectivity index (χ0) is 13.0. The van der Waals surface area contributed by atoms with Crippen LogP contribution in [0.25, 0.3) is 16.2 Å². The molecule has 1 saturated carbocycles. The Morgan fingerprint density at radius 2 is 2.00 bits per heavy atom. The van der Waals surface area contributed by atoms with Crippen molar-refractivity contribution in [3.8, 4) is 11.3 Å². The van der Waals surface area contributed by atoms with E-state index < -0.39 is 0 Å². The normalized spacial score (nSPS) is 15.3. The second kappa shape index (κ2) is 3.87. The van der Waals surface area contributed by atoms with Crippen molar-refractivity contribution < 1.29 is 4.39 Å². The third-order valence-corrected chi connectivity index (χ3v) is 4.56. The first kappa shape index (κ1) is 11.1. The summed E-state index contributed by atoms with van der Waals surface area (Å²) < 4.78 is 14.9. The lowest BCUT2D eigenvalue weighted by Crippen LogP contribution is -1.90. The molecule has 0 atom stereocenters. The van der Waals surface area contributed by atoms with E-state index in [-0.39, 0.29) is 5.82 Å². The van der Waals surface area contributed by atoms with Gasteiger partial charge in [-0.1, -0.05) is 11.3 Å². The smallest absolute Gasteiger partial charge is 0.212 e. The average Bonchev–Trinajstić information content (AvgIpc) is 3.10.